The highest BCUT2D eigenvalue weighted by Gasteiger charge is 2.48. The molecule has 3 heterocycles. The number of morpholine rings is 1. The molecule has 1 atom stereocenters. The van der Waals surface area contributed by atoms with E-state index in [1.165, 1.54) is 0 Å². The fraction of sp³-hybridized carbons (Fsp3) is 0.529. The molecule has 23 heavy (non-hydrogen) atoms. The molecule has 1 N–H and O–H groups in total. The Balaban J connectivity index is 1.68. The minimum absolute atomic E-state index is 0.00733. The van der Waals surface area contributed by atoms with E-state index in [2.05, 4.69) is 11.6 Å². The molecule has 0 radical (unpaired) electrons. The lowest BCUT2D eigenvalue weighted by Crippen LogP contribution is -2.64. The van der Waals surface area contributed by atoms with Crippen LogP contribution in [0.1, 0.15) is 30.3 Å². The molecule has 0 bridgehead atoms. The van der Waals surface area contributed by atoms with Crippen molar-refractivity contribution < 1.29 is 14.3 Å². The number of ether oxygens (including phenoxy) is 1. The van der Waals surface area contributed by atoms with Crippen molar-refractivity contribution in [2.24, 2.45) is 0 Å². The third kappa shape index (κ3) is 2.79. The second-order valence-corrected chi connectivity index (χ2v) is 6.24. The first-order chi connectivity index (χ1) is 11.1. The number of hydrogen-bond acceptors (Lipinski definition) is 3. The van der Waals surface area contributed by atoms with Gasteiger partial charge in [0.1, 0.15) is 12.3 Å². The first-order valence-electron chi connectivity index (χ1n) is 8.04. The fourth-order valence-corrected chi connectivity index (χ4v) is 3.59. The summed E-state index contributed by atoms with van der Waals surface area (Å²) in [6.07, 6.45) is 4.98. The summed E-state index contributed by atoms with van der Waals surface area (Å²) in [5.41, 5.74) is 0.255. The van der Waals surface area contributed by atoms with Crippen LogP contribution in [0.25, 0.3) is 0 Å². The van der Waals surface area contributed by atoms with Gasteiger partial charge in [-0.2, -0.15) is 0 Å². The van der Waals surface area contributed by atoms with Gasteiger partial charge in [0.05, 0.1) is 11.6 Å². The standard InChI is InChI=1S/C17H23N3O3/c1-3-9-20-13(2)17(23-12-15(20)21)6-10-19(11-7-17)16(22)14-5-4-8-18-14/h3-5,8,13,18H,1,6-7,9-12H2,2H3/t13-/m1/s1. The first kappa shape index (κ1) is 15.8. The highest BCUT2D eigenvalue weighted by molar-refractivity contribution is 5.92. The van der Waals surface area contributed by atoms with E-state index in [1.807, 2.05) is 22.8 Å². The number of likely N-dealkylation sites (tertiary alicyclic amines) is 1. The zero-order valence-electron chi connectivity index (χ0n) is 13.5. The maximum atomic E-state index is 12.4. The lowest BCUT2D eigenvalue weighted by Gasteiger charge is -2.51. The van der Waals surface area contributed by atoms with Crippen molar-refractivity contribution in [3.8, 4) is 0 Å². The van der Waals surface area contributed by atoms with Gasteiger partial charge in [-0.05, 0) is 31.9 Å². The van der Waals surface area contributed by atoms with Crippen molar-refractivity contribution in [2.75, 3.05) is 26.2 Å². The fourth-order valence-electron chi connectivity index (χ4n) is 3.59. The van der Waals surface area contributed by atoms with Gasteiger partial charge in [-0.15, -0.1) is 6.58 Å². The predicted molar refractivity (Wildman–Crippen MR) is 86.0 cm³/mol. The minimum atomic E-state index is -0.358. The van der Waals surface area contributed by atoms with Gasteiger partial charge in [0, 0.05) is 25.8 Å². The number of rotatable bonds is 3. The Hall–Kier alpha value is -2.08. The lowest BCUT2D eigenvalue weighted by atomic mass is 9.82. The SMILES string of the molecule is C=CCN1C(=O)COC2(CCN(C(=O)c3ccc[nH]3)CC2)[C@H]1C. The summed E-state index contributed by atoms with van der Waals surface area (Å²) in [6, 6.07) is 3.60. The molecule has 2 fully saturated rings. The van der Waals surface area contributed by atoms with Crippen molar-refractivity contribution in [1.29, 1.82) is 0 Å². The number of carbonyl (C=O) groups excluding carboxylic acids is 2. The molecule has 1 aromatic rings. The summed E-state index contributed by atoms with van der Waals surface area (Å²) >= 11 is 0. The van der Waals surface area contributed by atoms with E-state index in [9.17, 15) is 9.59 Å². The smallest absolute Gasteiger partial charge is 0.270 e. The molecule has 6 heteroatoms. The van der Waals surface area contributed by atoms with Crippen LogP contribution in [0.2, 0.25) is 0 Å². The van der Waals surface area contributed by atoms with Gasteiger partial charge < -0.3 is 19.5 Å². The largest absolute Gasteiger partial charge is 0.363 e. The van der Waals surface area contributed by atoms with Crippen LogP contribution in [0, 0.1) is 0 Å². The normalized spacial score (nSPS) is 24.0. The Morgan fingerprint density at radius 2 is 2.26 bits per heavy atom. The Morgan fingerprint density at radius 1 is 1.52 bits per heavy atom. The number of aromatic nitrogens is 1. The third-order valence-corrected chi connectivity index (χ3v) is 5.08. The number of amides is 2. The second kappa shape index (κ2) is 6.20. The van der Waals surface area contributed by atoms with Gasteiger partial charge in [-0.25, -0.2) is 0 Å². The molecule has 6 nitrogen and oxygen atoms in total. The monoisotopic (exact) mass is 317 g/mol. The Bertz CT molecular complexity index is 588. The van der Waals surface area contributed by atoms with Crippen molar-refractivity contribution in [1.82, 2.24) is 14.8 Å². The Morgan fingerprint density at radius 3 is 2.87 bits per heavy atom. The molecular weight excluding hydrogens is 294 g/mol. The van der Waals surface area contributed by atoms with Gasteiger partial charge in [-0.3, -0.25) is 9.59 Å². The van der Waals surface area contributed by atoms with Crippen LogP contribution in [0.5, 0.6) is 0 Å². The van der Waals surface area contributed by atoms with Gasteiger partial charge in [0.15, 0.2) is 0 Å². The third-order valence-electron chi connectivity index (χ3n) is 5.08. The molecule has 2 amide bonds. The van der Waals surface area contributed by atoms with Crippen LogP contribution in [0.15, 0.2) is 31.0 Å². The number of aromatic amines is 1. The van der Waals surface area contributed by atoms with Crippen LogP contribution in [-0.4, -0.2) is 64.5 Å². The molecule has 2 saturated heterocycles. The summed E-state index contributed by atoms with van der Waals surface area (Å²) in [5, 5.41) is 0. The molecule has 1 aromatic heterocycles. The minimum Gasteiger partial charge on any atom is -0.363 e. The molecule has 3 rings (SSSR count). The molecule has 0 aromatic carbocycles. The molecule has 2 aliphatic rings. The second-order valence-electron chi connectivity index (χ2n) is 6.24. The van der Waals surface area contributed by atoms with Gasteiger partial charge in [0.2, 0.25) is 5.91 Å². The molecule has 0 saturated carbocycles. The average Bonchev–Trinajstić information content (AvgIpc) is 3.10. The number of nitrogens with one attached hydrogen (secondary N) is 1. The maximum Gasteiger partial charge on any atom is 0.270 e. The number of piperidine rings is 1. The van der Waals surface area contributed by atoms with Crippen LogP contribution in [0.4, 0.5) is 0 Å². The summed E-state index contributed by atoms with van der Waals surface area (Å²) in [6.45, 7) is 7.69. The van der Waals surface area contributed by atoms with E-state index in [4.69, 9.17) is 4.74 Å². The zero-order valence-corrected chi connectivity index (χ0v) is 13.5. The first-order valence-corrected chi connectivity index (χ1v) is 8.04. The van der Waals surface area contributed by atoms with E-state index >= 15 is 0 Å². The zero-order chi connectivity index (χ0) is 16.4. The number of hydrogen-bond donors (Lipinski definition) is 1. The molecule has 1 spiro atoms. The van der Waals surface area contributed by atoms with Crippen LogP contribution < -0.4 is 0 Å². The topological polar surface area (TPSA) is 65.6 Å². The van der Waals surface area contributed by atoms with Crippen LogP contribution in [0.3, 0.4) is 0 Å². The summed E-state index contributed by atoms with van der Waals surface area (Å²) in [5.74, 6) is 0.0280. The molecule has 2 aliphatic heterocycles. The molecular formula is C17H23N3O3. The lowest BCUT2D eigenvalue weighted by molar-refractivity contribution is -0.183. The number of nitrogens with zero attached hydrogens (tertiary/aromatic N) is 2. The summed E-state index contributed by atoms with van der Waals surface area (Å²) < 4.78 is 5.96. The van der Waals surface area contributed by atoms with Crippen molar-refractivity contribution in [2.45, 2.75) is 31.4 Å². The van der Waals surface area contributed by atoms with Crippen LogP contribution in [-0.2, 0) is 9.53 Å². The van der Waals surface area contributed by atoms with Gasteiger partial charge in [-0.1, -0.05) is 6.08 Å². The van der Waals surface area contributed by atoms with Crippen molar-refractivity contribution >= 4 is 11.8 Å². The van der Waals surface area contributed by atoms with E-state index in [-0.39, 0.29) is 30.1 Å². The van der Waals surface area contributed by atoms with Gasteiger partial charge in [0.25, 0.3) is 5.91 Å². The van der Waals surface area contributed by atoms with E-state index < -0.39 is 0 Å². The maximum absolute atomic E-state index is 12.4. The number of carbonyl (C=O) groups is 2. The summed E-state index contributed by atoms with van der Waals surface area (Å²) in [7, 11) is 0. The van der Waals surface area contributed by atoms with Crippen molar-refractivity contribution in [3.63, 3.8) is 0 Å². The molecule has 124 valence electrons. The van der Waals surface area contributed by atoms with E-state index in [0.717, 1.165) is 12.8 Å². The predicted octanol–water partition coefficient (Wildman–Crippen LogP) is 1.42. The quantitative estimate of drug-likeness (QED) is 0.858. The van der Waals surface area contributed by atoms with Crippen molar-refractivity contribution in [3.05, 3.63) is 36.7 Å². The Labute approximate surface area is 136 Å². The molecule has 0 unspecified atom stereocenters. The van der Waals surface area contributed by atoms with E-state index in [0.29, 0.717) is 25.3 Å². The number of H-pyrrole nitrogens is 1. The van der Waals surface area contributed by atoms with Gasteiger partial charge >= 0.3 is 0 Å². The summed E-state index contributed by atoms with van der Waals surface area (Å²) in [4.78, 5) is 31.1. The van der Waals surface area contributed by atoms with E-state index in [1.54, 1.807) is 18.3 Å². The highest BCUT2D eigenvalue weighted by Crippen LogP contribution is 2.35. The molecule has 0 aliphatic carbocycles. The van der Waals surface area contributed by atoms with Crippen LogP contribution >= 0.6 is 0 Å². The Kier molecular flexibility index (Phi) is 4.26. The average molecular weight is 317 g/mol. The highest BCUT2D eigenvalue weighted by atomic mass is 16.5.